The molecule has 6 heteroatoms. The van der Waals surface area contributed by atoms with Crippen molar-refractivity contribution in [3.05, 3.63) is 76.9 Å². The van der Waals surface area contributed by atoms with E-state index in [1.165, 1.54) is 17.0 Å². The normalized spacial score (nSPS) is 22.1. The maximum absolute atomic E-state index is 13.0. The lowest BCUT2D eigenvalue weighted by Crippen LogP contribution is -2.31. The van der Waals surface area contributed by atoms with Crippen molar-refractivity contribution < 1.29 is 23.9 Å². The second-order valence-corrected chi connectivity index (χ2v) is 8.52. The summed E-state index contributed by atoms with van der Waals surface area (Å²) < 4.78 is 5.21. The number of imide groups is 1. The number of allylic oxidation sites excluding steroid dienone is 2. The van der Waals surface area contributed by atoms with Gasteiger partial charge in [0.2, 0.25) is 11.8 Å². The van der Waals surface area contributed by atoms with Gasteiger partial charge in [0.05, 0.1) is 23.1 Å². The summed E-state index contributed by atoms with van der Waals surface area (Å²) in [7, 11) is 0. The van der Waals surface area contributed by atoms with Crippen molar-refractivity contribution in [2.24, 2.45) is 17.8 Å². The van der Waals surface area contributed by atoms with E-state index in [0.29, 0.717) is 17.7 Å². The third-order valence-corrected chi connectivity index (χ3v) is 6.38. The number of hydrogen-bond acceptors (Lipinski definition) is 5. The van der Waals surface area contributed by atoms with Crippen LogP contribution in [0.2, 0.25) is 0 Å². The molecule has 4 rings (SSSR count). The Labute approximate surface area is 186 Å². The zero-order chi connectivity index (χ0) is 23.0. The van der Waals surface area contributed by atoms with Gasteiger partial charge in [-0.15, -0.1) is 0 Å². The molecule has 6 nitrogen and oxygen atoms in total. The first-order chi connectivity index (χ1) is 15.3. The zero-order valence-electron chi connectivity index (χ0n) is 18.3. The highest BCUT2D eigenvalue weighted by atomic mass is 16.5. The van der Waals surface area contributed by atoms with E-state index in [4.69, 9.17) is 4.74 Å². The summed E-state index contributed by atoms with van der Waals surface area (Å²) >= 11 is 0. The van der Waals surface area contributed by atoms with E-state index in [9.17, 15) is 19.2 Å². The van der Waals surface area contributed by atoms with Gasteiger partial charge in [-0.2, -0.15) is 0 Å². The van der Waals surface area contributed by atoms with E-state index in [1.807, 2.05) is 39.0 Å². The van der Waals surface area contributed by atoms with Crippen LogP contribution in [-0.4, -0.2) is 30.2 Å². The van der Waals surface area contributed by atoms with Crippen LogP contribution < -0.4 is 4.90 Å². The number of nitrogens with zero attached hydrogens (tertiary/aromatic N) is 1. The molecule has 0 aromatic heterocycles. The van der Waals surface area contributed by atoms with E-state index >= 15 is 0 Å². The minimum Gasteiger partial charge on any atom is -0.454 e. The summed E-state index contributed by atoms with van der Waals surface area (Å²) in [6.07, 6.45) is 4.45. The summed E-state index contributed by atoms with van der Waals surface area (Å²) in [5.74, 6) is -2.23. The summed E-state index contributed by atoms with van der Waals surface area (Å²) in [5.41, 5.74) is 3.06. The van der Waals surface area contributed by atoms with Gasteiger partial charge in [0.1, 0.15) is 0 Å². The number of carbonyl (C=O) groups is 4. The highest BCUT2D eigenvalue weighted by Gasteiger charge is 2.50. The van der Waals surface area contributed by atoms with Crippen LogP contribution in [0.1, 0.15) is 45.2 Å². The van der Waals surface area contributed by atoms with Crippen LogP contribution in [0, 0.1) is 31.6 Å². The van der Waals surface area contributed by atoms with E-state index in [2.05, 4.69) is 0 Å². The molecular weight excluding hydrogens is 406 g/mol. The average Bonchev–Trinajstić information content (AvgIpc) is 3.04. The molecule has 2 amide bonds. The van der Waals surface area contributed by atoms with E-state index in [-0.39, 0.29) is 47.5 Å². The third kappa shape index (κ3) is 3.88. The van der Waals surface area contributed by atoms with Crippen LogP contribution in [0.4, 0.5) is 5.69 Å². The minimum absolute atomic E-state index is 0.0141. The number of amides is 2. The molecule has 1 aliphatic heterocycles. The van der Waals surface area contributed by atoms with Crippen LogP contribution in [0.5, 0.6) is 0 Å². The van der Waals surface area contributed by atoms with Crippen molar-refractivity contribution in [2.75, 3.05) is 11.5 Å². The number of ether oxygens (including phenoxy) is 1. The minimum atomic E-state index is -0.685. The molecule has 2 aliphatic rings. The van der Waals surface area contributed by atoms with Crippen molar-refractivity contribution >= 4 is 29.3 Å². The molecule has 1 aliphatic carbocycles. The van der Waals surface area contributed by atoms with Gasteiger partial charge in [0.25, 0.3) is 0 Å². The topological polar surface area (TPSA) is 80.8 Å². The predicted octanol–water partition coefficient (Wildman–Crippen LogP) is 4.04. The quantitative estimate of drug-likeness (QED) is 0.309. The predicted molar refractivity (Wildman–Crippen MR) is 119 cm³/mol. The lowest BCUT2D eigenvalue weighted by molar-refractivity contribution is -0.122. The van der Waals surface area contributed by atoms with Crippen LogP contribution in [-0.2, 0) is 14.3 Å². The molecule has 0 saturated carbocycles. The largest absolute Gasteiger partial charge is 0.454 e. The van der Waals surface area contributed by atoms with Crippen molar-refractivity contribution in [1.29, 1.82) is 0 Å². The zero-order valence-corrected chi connectivity index (χ0v) is 18.3. The number of carbonyl (C=O) groups excluding carboxylic acids is 4. The Morgan fingerprint density at radius 2 is 1.78 bits per heavy atom. The number of rotatable bonds is 5. The Balaban J connectivity index is 1.47. The molecule has 0 radical (unpaired) electrons. The van der Waals surface area contributed by atoms with Crippen molar-refractivity contribution in [3.8, 4) is 0 Å². The van der Waals surface area contributed by atoms with Crippen LogP contribution >= 0.6 is 0 Å². The first-order valence-electron chi connectivity index (χ1n) is 10.7. The summed E-state index contributed by atoms with van der Waals surface area (Å²) in [6.45, 7) is 5.42. The number of esters is 1. The number of Topliss-reactive ketones (excluding diaryl/α,β-unsaturated/α-hetero) is 1. The second kappa shape index (κ2) is 8.54. The Morgan fingerprint density at radius 3 is 2.50 bits per heavy atom. The molecule has 1 heterocycles. The van der Waals surface area contributed by atoms with Gasteiger partial charge in [-0.3, -0.25) is 19.3 Å². The van der Waals surface area contributed by atoms with Gasteiger partial charge in [0, 0.05) is 5.56 Å². The lowest BCUT2D eigenvalue weighted by Gasteiger charge is -2.22. The molecule has 32 heavy (non-hydrogen) atoms. The van der Waals surface area contributed by atoms with E-state index in [0.717, 1.165) is 11.1 Å². The number of benzene rings is 2. The Kier molecular flexibility index (Phi) is 5.78. The number of fused-ring (bicyclic) bond motifs is 1. The molecule has 0 N–H and O–H groups in total. The fourth-order valence-corrected chi connectivity index (χ4v) is 4.39. The van der Waals surface area contributed by atoms with Crippen LogP contribution in [0.15, 0.2) is 54.6 Å². The maximum Gasteiger partial charge on any atom is 0.338 e. The lowest BCUT2D eigenvalue weighted by atomic mass is 9.78. The highest BCUT2D eigenvalue weighted by Crippen LogP contribution is 2.40. The Morgan fingerprint density at radius 1 is 1.00 bits per heavy atom. The number of anilines is 1. The van der Waals surface area contributed by atoms with E-state index < -0.39 is 5.97 Å². The van der Waals surface area contributed by atoms with Crippen molar-refractivity contribution in [1.82, 2.24) is 0 Å². The number of hydrogen-bond donors (Lipinski definition) is 0. The molecule has 2 aromatic carbocycles. The third-order valence-electron chi connectivity index (χ3n) is 6.38. The molecule has 1 fully saturated rings. The Hall–Kier alpha value is -3.54. The number of ketones is 1. The summed E-state index contributed by atoms with van der Waals surface area (Å²) in [4.78, 5) is 52.0. The molecule has 0 bridgehead atoms. The standard InChI is InChI=1S/C26H25NO5/c1-15-10-11-18(12-17(15)3)22(28)14-32-26(31)19-7-5-8-20(13-19)27-24(29)21-9-4-6-16(2)23(21)25(27)30/h4-8,10-13,16,21,23H,9,14H2,1-3H3/t16-,21+,23-/m0/s1. The first-order valence-corrected chi connectivity index (χ1v) is 10.7. The fourth-order valence-electron chi connectivity index (χ4n) is 4.39. The van der Waals surface area contributed by atoms with Crippen molar-refractivity contribution in [3.63, 3.8) is 0 Å². The van der Waals surface area contributed by atoms with Crippen molar-refractivity contribution in [2.45, 2.75) is 27.2 Å². The molecular formula is C26H25NO5. The molecule has 2 aromatic rings. The average molecular weight is 431 g/mol. The van der Waals surface area contributed by atoms with Crippen LogP contribution in [0.25, 0.3) is 0 Å². The van der Waals surface area contributed by atoms with Gasteiger partial charge in [-0.05, 0) is 61.6 Å². The summed E-state index contributed by atoms with van der Waals surface area (Å²) in [6, 6.07) is 11.6. The fraction of sp³-hybridized carbons (Fsp3) is 0.308. The van der Waals surface area contributed by atoms with Gasteiger partial charge in [-0.1, -0.05) is 37.3 Å². The van der Waals surface area contributed by atoms with Gasteiger partial charge in [0.15, 0.2) is 12.4 Å². The maximum atomic E-state index is 13.0. The van der Waals surface area contributed by atoms with Gasteiger partial charge in [-0.25, -0.2) is 4.79 Å². The molecule has 3 atom stereocenters. The Bertz CT molecular complexity index is 1150. The molecule has 0 unspecified atom stereocenters. The van der Waals surface area contributed by atoms with Gasteiger partial charge < -0.3 is 4.74 Å². The smallest absolute Gasteiger partial charge is 0.338 e. The number of aryl methyl sites for hydroxylation is 2. The summed E-state index contributed by atoms with van der Waals surface area (Å²) in [5, 5.41) is 0. The SMILES string of the molecule is Cc1ccc(C(=O)COC(=O)c2cccc(N3C(=O)[C@H]4[C@@H](C)C=CC[C@H]4C3=O)c2)cc1C. The van der Waals surface area contributed by atoms with Gasteiger partial charge >= 0.3 is 5.97 Å². The molecule has 164 valence electrons. The monoisotopic (exact) mass is 431 g/mol. The highest BCUT2D eigenvalue weighted by molar-refractivity contribution is 6.22. The first kappa shape index (κ1) is 21.7. The van der Waals surface area contributed by atoms with Crippen LogP contribution in [0.3, 0.4) is 0 Å². The second-order valence-electron chi connectivity index (χ2n) is 8.52. The molecule has 1 saturated heterocycles. The molecule has 0 spiro atoms. The van der Waals surface area contributed by atoms with E-state index in [1.54, 1.807) is 24.3 Å².